The normalized spacial score (nSPS) is 11.2. The maximum atomic E-state index is 12.3. The summed E-state index contributed by atoms with van der Waals surface area (Å²) in [6, 6.07) is 6.81. The van der Waals surface area contributed by atoms with E-state index in [1.165, 1.54) is 19.6 Å². The summed E-state index contributed by atoms with van der Waals surface area (Å²) in [5.74, 6) is 1.23. The first-order chi connectivity index (χ1) is 12.0. The summed E-state index contributed by atoms with van der Waals surface area (Å²) in [5, 5.41) is 4.89. The van der Waals surface area contributed by atoms with Crippen LogP contribution in [0.2, 0.25) is 5.02 Å². The Morgan fingerprint density at radius 2 is 2.16 bits per heavy atom. The molecule has 1 N–H and O–H groups in total. The van der Waals surface area contributed by atoms with E-state index in [-0.39, 0.29) is 0 Å². The minimum atomic E-state index is -0.432. The van der Waals surface area contributed by atoms with Gasteiger partial charge in [-0.1, -0.05) is 11.6 Å². The third kappa shape index (κ3) is 3.46. The van der Waals surface area contributed by atoms with E-state index in [1.54, 1.807) is 24.3 Å². The van der Waals surface area contributed by atoms with Crippen molar-refractivity contribution in [2.75, 3.05) is 26.1 Å². The molecule has 0 unspecified atom stereocenters. The average molecular weight is 362 g/mol. The summed E-state index contributed by atoms with van der Waals surface area (Å²) >= 11 is 6.05. The smallest absolute Gasteiger partial charge is 0.275 e. The number of amides is 1. The molecule has 2 heterocycles. The number of hydrogen-bond acceptors (Lipinski definition) is 6. The van der Waals surface area contributed by atoms with Gasteiger partial charge in [0, 0.05) is 36.6 Å². The number of anilines is 1. The van der Waals surface area contributed by atoms with Gasteiger partial charge < -0.3 is 18.5 Å². The Morgan fingerprint density at radius 1 is 1.36 bits per heavy atom. The fourth-order valence-electron chi connectivity index (χ4n) is 2.27. The molecule has 3 aromatic rings. The Balaban J connectivity index is 1.78. The molecule has 1 aromatic carbocycles. The van der Waals surface area contributed by atoms with Gasteiger partial charge in [-0.05, 0) is 12.1 Å². The van der Waals surface area contributed by atoms with Crippen LogP contribution in [0.3, 0.4) is 0 Å². The monoisotopic (exact) mass is 361 g/mol. The van der Waals surface area contributed by atoms with Crippen molar-refractivity contribution >= 4 is 40.6 Å². The van der Waals surface area contributed by atoms with Gasteiger partial charge in [0.25, 0.3) is 5.91 Å². The highest BCUT2D eigenvalue weighted by molar-refractivity contribution is 6.31. The highest BCUT2D eigenvalue weighted by Crippen LogP contribution is 2.33. The van der Waals surface area contributed by atoms with Crippen LogP contribution < -0.4 is 15.1 Å². The van der Waals surface area contributed by atoms with Gasteiger partial charge in [0.1, 0.15) is 12.0 Å². The van der Waals surface area contributed by atoms with Crippen LogP contribution in [0.25, 0.3) is 11.0 Å². The Bertz CT molecular complexity index is 943. The Morgan fingerprint density at radius 3 is 2.84 bits per heavy atom. The quantitative estimate of drug-likeness (QED) is 0.555. The van der Waals surface area contributed by atoms with Gasteiger partial charge in [0.2, 0.25) is 0 Å². The Labute approximate surface area is 148 Å². The Hall–Kier alpha value is -2.93. The topological polar surface area (TPSA) is 80.2 Å². The van der Waals surface area contributed by atoms with Gasteiger partial charge in [0.05, 0.1) is 18.9 Å². The number of rotatable bonds is 5. The molecule has 8 heteroatoms. The standard InChI is InChI=1S/C17H16ClN3O4/c1-21(2)15-5-4-11(25-15)8-19-20-17(22)13-9-24-16-12(13)6-10(18)7-14(16)23-3/h4-9H,1-3H3,(H,20,22). The number of hydrogen-bond donors (Lipinski definition) is 1. The molecule has 0 aliphatic carbocycles. The summed E-state index contributed by atoms with van der Waals surface area (Å²) in [6.07, 6.45) is 2.76. The fourth-order valence-corrected chi connectivity index (χ4v) is 2.47. The highest BCUT2D eigenvalue weighted by atomic mass is 35.5. The van der Waals surface area contributed by atoms with Gasteiger partial charge in [-0.15, -0.1) is 0 Å². The van der Waals surface area contributed by atoms with Gasteiger partial charge >= 0.3 is 0 Å². The number of nitrogens with zero attached hydrogens (tertiary/aromatic N) is 2. The van der Waals surface area contributed by atoms with Crippen molar-refractivity contribution in [2.45, 2.75) is 0 Å². The Kier molecular flexibility index (Phi) is 4.67. The number of hydrazone groups is 1. The van der Waals surface area contributed by atoms with E-state index in [2.05, 4.69) is 10.5 Å². The SMILES string of the molecule is COc1cc(Cl)cc2c(C(=O)NN=Cc3ccc(N(C)C)o3)coc12. The summed E-state index contributed by atoms with van der Waals surface area (Å²) in [6.45, 7) is 0. The number of carbonyl (C=O) groups is 1. The fraction of sp³-hybridized carbons (Fsp3) is 0.176. The molecule has 0 bridgehead atoms. The van der Waals surface area contributed by atoms with Gasteiger partial charge in [0.15, 0.2) is 17.2 Å². The third-order valence-corrected chi connectivity index (χ3v) is 3.70. The molecule has 1 amide bonds. The van der Waals surface area contributed by atoms with Crippen LogP contribution in [0.15, 0.2) is 44.5 Å². The maximum absolute atomic E-state index is 12.3. The number of ether oxygens (including phenoxy) is 1. The molecule has 0 fully saturated rings. The molecule has 3 rings (SSSR count). The number of halogens is 1. The van der Waals surface area contributed by atoms with E-state index < -0.39 is 5.91 Å². The van der Waals surface area contributed by atoms with Crippen molar-refractivity contribution in [3.8, 4) is 5.75 Å². The minimum absolute atomic E-state index is 0.307. The van der Waals surface area contributed by atoms with Crippen LogP contribution in [-0.2, 0) is 0 Å². The van der Waals surface area contributed by atoms with Crippen molar-refractivity contribution in [3.63, 3.8) is 0 Å². The largest absolute Gasteiger partial charge is 0.493 e. The third-order valence-electron chi connectivity index (χ3n) is 3.48. The van der Waals surface area contributed by atoms with Gasteiger partial charge in [-0.2, -0.15) is 5.10 Å². The maximum Gasteiger partial charge on any atom is 0.275 e. The molecule has 25 heavy (non-hydrogen) atoms. The van der Waals surface area contributed by atoms with Crippen LogP contribution in [0.4, 0.5) is 5.88 Å². The van der Waals surface area contributed by atoms with E-state index in [4.69, 9.17) is 25.2 Å². The number of nitrogens with one attached hydrogen (secondary N) is 1. The van der Waals surface area contributed by atoms with Crippen LogP contribution in [0, 0.1) is 0 Å². The lowest BCUT2D eigenvalue weighted by Gasteiger charge is -2.05. The summed E-state index contributed by atoms with van der Waals surface area (Å²) in [5.41, 5.74) is 3.19. The molecule has 0 aliphatic heterocycles. The van der Waals surface area contributed by atoms with E-state index >= 15 is 0 Å². The lowest BCUT2D eigenvalue weighted by molar-refractivity contribution is 0.0956. The van der Waals surface area contributed by atoms with Crippen LogP contribution >= 0.6 is 11.6 Å². The first-order valence-corrected chi connectivity index (χ1v) is 7.72. The van der Waals surface area contributed by atoms with E-state index in [0.717, 1.165) is 0 Å². The molecular formula is C17H16ClN3O4. The van der Waals surface area contributed by atoms with Crippen LogP contribution in [-0.4, -0.2) is 33.3 Å². The molecule has 0 spiro atoms. The number of methoxy groups -OCH3 is 1. The second-order valence-corrected chi connectivity index (χ2v) is 5.84. The van der Waals surface area contributed by atoms with Gasteiger partial charge in [-0.25, -0.2) is 5.43 Å². The molecule has 130 valence electrons. The van der Waals surface area contributed by atoms with Crippen molar-refractivity contribution in [1.82, 2.24) is 5.43 Å². The highest BCUT2D eigenvalue weighted by Gasteiger charge is 2.17. The molecule has 0 saturated carbocycles. The van der Waals surface area contributed by atoms with Crippen molar-refractivity contribution in [3.05, 3.63) is 46.9 Å². The summed E-state index contributed by atoms with van der Waals surface area (Å²) < 4.78 is 16.1. The second kappa shape index (κ2) is 6.90. The van der Waals surface area contributed by atoms with Crippen LogP contribution in [0.5, 0.6) is 5.75 Å². The molecule has 0 aliphatic rings. The van der Waals surface area contributed by atoms with E-state index in [1.807, 2.05) is 19.0 Å². The lowest BCUT2D eigenvalue weighted by atomic mass is 10.1. The molecule has 0 atom stereocenters. The van der Waals surface area contributed by atoms with Crippen molar-refractivity contribution in [2.24, 2.45) is 5.10 Å². The predicted octanol–water partition coefficient (Wildman–Crippen LogP) is 3.52. The van der Waals surface area contributed by atoms with Gasteiger partial charge in [-0.3, -0.25) is 4.79 Å². The molecular weight excluding hydrogens is 346 g/mol. The predicted molar refractivity (Wildman–Crippen MR) is 95.9 cm³/mol. The second-order valence-electron chi connectivity index (χ2n) is 5.40. The molecule has 0 saturated heterocycles. The summed E-state index contributed by atoms with van der Waals surface area (Å²) in [7, 11) is 5.24. The molecule has 0 radical (unpaired) electrons. The molecule has 2 aromatic heterocycles. The average Bonchev–Trinajstić information content (AvgIpc) is 3.20. The number of fused-ring (bicyclic) bond motifs is 1. The number of benzene rings is 1. The first-order valence-electron chi connectivity index (χ1n) is 7.35. The first kappa shape index (κ1) is 16.9. The zero-order valence-corrected chi connectivity index (χ0v) is 14.6. The van der Waals surface area contributed by atoms with Crippen molar-refractivity contribution in [1.29, 1.82) is 0 Å². The van der Waals surface area contributed by atoms with E-state index in [0.29, 0.717) is 38.9 Å². The number of furan rings is 2. The van der Waals surface area contributed by atoms with Crippen LogP contribution in [0.1, 0.15) is 16.1 Å². The summed E-state index contributed by atoms with van der Waals surface area (Å²) in [4.78, 5) is 14.2. The number of carbonyl (C=O) groups excluding carboxylic acids is 1. The lowest BCUT2D eigenvalue weighted by Crippen LogP contribution is -2.17. The van der Waals surface area contributed by atoms with E-state index in [9.17, 15) is 4.79 Å². The van der Waals surface area contributed by atoms with Crippen molar-refractivity contribution < 1.29 is 18.4 Å². The zero-order chi connectivity index (χ0) is 18.0. The zero-order valence-electron chi connectivity index (χ0n) is 13.9. The minimum Gasteiger partial charge on any atom is -0.493 e. The molecule has 7 nitrogen and oxygen atoms in total.